The summed E-state index contributed by atoms with van der Waals surface area (Å²) >= 11 is 0. The summed E-state index contributed by atoms with van der Waals surface area (Å²) in [6, 6.07) is 14.1. The molecule has 0 aliphatic carbocycles. The van der Waals surface area contributed by atoms with E-state index in [0.29, 0.717) is 6.54 Å². The van der Waals surface area contributed by atoms with Crippen LogP contribution in [0.1, 0.15) is 5.56 Å². The predicted molar refractivity (Wildman–Crippen MR) is 108 cm³/mol. The summed E-state index contributed by atoms with van der Waals surface area (Å²) in [7, 11) is -6.91. The average Bonchev–Trinajstić information content (AvgIpc) is 3.05. The molecule has 8 nitrogen and oxygen atoms in total. The van der Waals surface area contributed by atoms with Gasteiger partial charge in [-0.05, 0) is 29.8 Å². The molecule has 29 heavy (non-hydrogen) atoms. The second-order valence-electron chi connectivity index (χ2n) is 6.93. The Morgan fingerprint density at radius 3 is 2.28 bits per heavy atom. The molecule has 10 heteroatoms. The van der Waals surface area contributed by atoms with Crippen LogP contribution >= 0.6 is 0 Å². The van der Waals surface area contributed by atoms with Gasteiger partial charge >= 0.3 is 0 Å². The van der Waals surface area contributed by atoms with Gasteiger partial charge in [-0.15, -0.1) is 0 Å². The molecule has 2 aromatic rings. The van der Waals surface area contributed by atoms with Crippen molar-refractivity contribution in [3.05, 3.63) is 60.2 Å². The first-order valence-electron chi connectivity index (χ1n) is 9.03. The van der Waals surface area contributed by atoms with Crippen LogP contribution in [0.5, 0.6) is 0 Å². The van der Waals surface area contributed by atoms with Crippen molar-refractivity contribution in [3.63, 3.8) is 0 Å². The molecule has 0 aromatic heterocycles. The number of sulfone groups is 1. The highest BCUT2D eigenvalue weighted by Gasteiger charge is 2.36. The summed E-state index contributed by atoms with van der Waals surface area (Å²) in [5.41, 5.74) is 0.859. The normalized spacial score (nSPS) is 22.6. The molecular weight excluding hydrogens is 416 g/mol. The fraction of sp³-hybridized carbons (Fsp3) is 0.368. The summed E-state index contributed by atoms with van der Waals surface area (Å²) < 4.78 is 55.6. The van der Waals surface area contributed by atoms with Gasteiger partial charge in [-0.2, -0.15) is 0 Å². The van der Waals surface area contributed by atoms with Gasteiger partial charge in [0, 0.05) is 19.3 Å². The zero-order valence-electron chi connectivity index (χ0n) is 15.9. The molecule has 1 aliphatic heterocycles. The van der Waals surface area contributed by atoms with Crippen LogP contribution in [0, 0.1) is 0 Å². The molecule has 158 valence electrons. The lowest BCUT2D eigenvalue weighted by Gasteiger charge is -2.19. The smallest absolute Gasteiger partial charge is 0.240 e. The van der Waals surface area contributed by atoms with Crippen LogP contribution in [-0.4, -0.2) is 59.6 Å². The minimum Gasteiger partial charge on any atom is -0.389 e. The minimum atomic E-state index is -3.67. The van der Waals surface area contributed by atoms with Crippen LogP contribution in [0.3, 0.4) is 0 Å². The average molecular weight is 441 g/mol. The fourth-order valence-electron chi connectivity index (χ4n) is 3.02. The molecule has 0 unspecified atom stereocenters. The Morgan fingerprint density at radius 1 is 1.00 bits per heavy atom. The lowest BCUT2D eigenvalue weighted by atomic mass is 10.1. The number of rotatable bonds is 8. The van der Waals surface area contributed by atoms with E-state index in [0.717, 1.165) is 11.8 Å². The van der Waals surface area contributed by atoms with E-state index >= 15 is 0 Å². The van der Waals surface area contributed by atoms with Crippen molar-refractivity contribution < 1.29 is 26.7 Å². The van der Waals surface area contributed by atoms with Gasteiger partial charge in [0.15, 0.2) is 9.84 Å². The van der Waals surface area contributed by atoms with E-state index in [2.05, 4.69) is 10.0 Å². The molecule has 1 fully saturated rings. The maximum atomic E-state index is 12.3. The van der Waals surface area contributed by atoms with E-state index < -0.39 is 32.1 Å². The Bertz CT molecular complexity index is 1020. The van der Waals surface area contributed by atoms with Crippen molar-refractivity contribution in [2.45, 2.75) is 34.6 Å². The van der Waals surface area contributed by atoms with Gasteiger partial charge in [-0.1, -0.05) is 30.3 Å². The van der Waals surface area contributed by atoms with E-state index in [1.807, 2.05) is 0 Å². The summed E-state index contributed by atoms with van der Waals surface area (Å²) in [6.07, 6.45) is -0.402. The zero-order chi connectivity index (χ0) is 21.1. The molecule has 2 aromatic carbocycles. The number of hydrogen-bond acceptors (Lipinski definition) is 7. The van der Waals surface area contributed by atoms with Crippen LogP contribution in [0.25, 0.3) is 0 Å². The topological polar surface area (TPSA) is 122 Å². The quantitative estimate of drug-likeness (QED) is 0.539. The maximum absolute atomic E-state index is 12.3. The lowest BCUT2D eigenvalue weighted by molar-refractivity contribution is 0.0443. The Kier molecular flexibility index (Phi) is 6.72. The molecule has 1 heterocycles. The highest BCUT2D eigenvalue weighted by Crippen LogP contribution is 2.17. The van der Waals surface area contributed by atoms with Crippen molar-refractivity contribution in [2.24, 2.45) is 0 Å². The number of aliphatic hydroxyl groups excluding tert-OH is 1. The molecule has 0 saturated carbocycles. The SMILES string of the molecule is CS(=O)(=O)c1ccc(CN[C@@H]2CO[C@H](CNS(=O)(=O)c3ccccc3)[C@H]2O)cc1. The molecule has 0 amide bonds. The summed E-state index contributed by atoms with van der Waals surface area (Å²) in [5.74, 6) is 0. The molecule has 1 saturated heterocycles. The van der Waals surface area contributed by atoms with Gasteiger partial charge in [0.1, 0.15) is 0 Å². The molecule has 0 radical (unpaired) electrons. The highest BCUT2D eigenvalue weighted by atomic mass is 32.2. The molecule has 0 bridgehead atoms. The van der Waals surface area contributed by atoms with Gasteiger partial charge in [0.25, 0.3) is 0 Å². The number of sulfonamides is 1. The standard InChI is InChI=1S/C19H24N2O6S2/c1-28(23,24)15-9-7-14(8-10-15)11-20-17-13-27-18(19(17)22)12-21-29(25,26)16-5-3-2-4-6-16/h2-10,17-22H,11-13H2,1H3/t17-,18-,19+/m1/s1. The Labute approximate surface area is 170 Å². The zero-order valence-corrected chi connectivity index (χ0v) is 17.5. The monoisotopic (exact) mass is 440 g/mol. The van der Waals surface area contributed by atoms with Gasteiger partial charge in [0.05, 0.1) is 34.6 Å². The molecule has 3 atom stereocenters. The summed E-state index contributed by atoms with van der Waals surface area (Å²) in [4.78, 5) is 0.399. The Hall–Kier alpha value is -1.82. The third kappa shape index (κ3) is 5.62. The van der Waals surface area contributed by atoms with Crippen molar-refractivity contribution in [1.29, 1.82) is 0 Å². The molecule has 3 N–H and O–H groups in total. The fourth-order valence-corrected chi connectivity index (χ4v) is 4.72. The Morgan fingerprint density at radius 2 is 1.66 bits per heavy atom. The van der Waals surface area contributed by atoms with Crippen LogP contribution in [0.15, 0.2) is 64.4 Å². The third-order valence-electron chi connectivity index (χ3n) is 4.73. The number of benzene rings is 2. The molecule has 3 rings (SSSR count). The maximum Gasteiger partial charge on any atom is 0.240 e. The van der Waals surface area contributed by atoms with E-state index in [4.69, 9.17) is 4.74 Å². The van der Waals surface area contributed by atoms with Gasteiger partial charge in [-0.3, -0.25) is 0 Å². The third-order valence-corrected chi connectivity index (χ3v) is 7.30. The first kappa shape index (κ1) is 21.9. The highest BCUT2D eigenvalue weighted by molar-refractivity contribution is 7.90. The molecular formula is C19H24N2O6S2. The van der Waals surface area contributed by atoms with E-state index in [9.17, 15) is 21.9 Å². The number of hydrogen-bond donors (Lipinski definition) is 3. The van der Waals surface area contributed by atoms with E-state index in [1.54, 1.807) is 30.3 Å². The van der Waals surface area contributed by atoms with E-state index in [-0.39, 0.29) is 29.0 Å². The predicted octanol–water partition coefficient (Wildman–Crippen LogP) is 0.287. The van der Waals surface area contributed by atoms with Gasteiger partial charge in [0.2, 0.25) is 10.0 Å². The second kappa shape index (κ2) is 8.90. The van der Waals surface area contributed by atoms with Crippen molar-refractivity contribution in [2.75, 3.05) is 19.4 Å². The molecule has 1 aliphatic rings. The van der Waals surface area contributed by atoms with E-state index in [1.165, 1.54) is 24.3 Å². The lowest BCUT2D eigenvalue weighted by Crippen LogP contribution is -2.44. The van der Waals surface area contributed by atoms with Crippen LogP contribution in [-0.2, 0) is 31.1 Å². The number of ether oxygens (including phenoxy) is 1. The summed E-state index contributed by atoms with van der Waals surface area (Å²) in [5, 5.41) is 13.6. The molecule has 0 spiro atoms. The van der Waals surface area contributed by atoms with Crippen LogP contribution in [0.2, 0.25) is 0 Å². The van der Waals surface area contributed by atoms with Crippen molar-refractivity contribution in [1.82, 2.24) is 10.0 Å². The number of nitrogens with one attached hydrogen (secondary N) is 2. The first-order valence-corrected chi connectivity index (χ1v) is 12.4. The number of aliphatic hydroxyl groups is 1. The van der Waals surface area contributed by atoms with Crippen molar-refractivity contribution in [3.8, 4) is 0 Å². The largest absolute Gasteiger partial charge is 0.389 e. The van der Waals surface area contributed by atoms with Crippen LogP contribution < -0.4 is 10.0 Å². The van der Waals surface area contributed by atoms with Crippen molar-refractivity contribution >= 4 is 19.9 Å². The van der Waals surface area contributed by atoms with Crippen LogP contribution in [0.4, 0.5) is 0 Å². The van der Waals surface area contributed by atoms with Gasteiger partial charge in [-0.25, -0.2) is 21.6 Å². The minimum absolute atomic E-state index is 0.0420. The Balaban J connectivity index is 1.51. The second-order valence-corrected chi connectivity index (χ2v) is 10.7. The summed E-state index contributed by atoms with van der Waals surface area (Å²) in [6.45, 7) is 0.609. The van der Waals surface area contributed by atoms with Gasteiger partial charge < -0.3 is 15.2 Å². The first-order chi connectivity index (χ1) is 13.7.